The van der Waals surface area contributed by atoms with Crippen molar-refractivity contribution in [1.82, 2.24) is 15.0 Å². The summed E-state index contributed by atoms with van der Waals surface area (Å²) in [6.07, 6.45) is 6.72. The molecule has 0 saturated heterocycles. The molecule has 0 fully saturated rings. The van der Waals surface area contributed by atoms with Gasteiger partial charge in [-0.1, -0.05) is 24.8 Å². The molecule has 0 aliphatic carbocycles. The third-order valence-electron chi connectivity index (χ3n) is 2.96. The number of hydrogen-bond acceptors (Lipinski definition) is 6. The highest BCUT2D eigenvalue weighted by Crippen LogP contribution is 2.20. The predicted molar refractivity (Wildman–Crippen MR) is 88.9 cm³/mol. The fourth-order valence-electron chi connectivity index (χ4n) is 1.89. The van der Waals surface area contributed by atoms with Crippen LogP contribution in [-0.2, 0) is 6.54 Å². The third-order valence-corrected chi connectivity index (χ3v) is 3.51. The molecule has 6 heteroatoms. The second kappa shape index (κ2) is 7.83. The molecule has 5 nitrogen and oxygen atoms in total. The van der Waals surface area contributed by atoms with Crippen LogP contribution in [0.1, 0.15) is 18.9 Å². The van der Waals surface area contributed by atoms with Gasteiger partial charge in [0.15, 0.2) is 5.16 Å². The van der Waals surface area contributed by atoms with E-state index < -0.39 is 0 Å². The fourth-order valence-corrected chi connectivity index (χ4v) is 2.26. The molecule has 0 radical (unpaired) electrons. The van der Waals surface area contributed by atoms with E-state index >= 15 is 0 Å². The van der Waals surface area contributed by atoms with E-state index in [4.69, 9.17) is 0 Å². The SMILES string of the molecule is CCCNc1cc(N(C)Cc2cccnc2)nc(SC)n1. The van der Waals surface area contributed by atoms with Crippen molar-refractivity contribution in [3.05, 3.63) is 36.2 Å². The molecule has 0 unspecified atom stereocenters. The van der Waals surface area contributed by atoms with Gasteiger partial charge in [-0.25, -0.2) is 9.97 Å². The Hall–Kier alpha value is -1.82. The van der Waals surface area contributed by atoms with Crippen molar-refractivity contribution in [3.63, 3.8) is 0 Å². The average molecular weight is 303 g/mol. The summed E-state index contributed by atoms with van der Waals surface area (Å²) in [5.41, 5.74) is 1.16. The van der Waals surface area contributed by atoms with Gasteiger partial charge in [-0.3, -0.25) is 4.98 Å². The van der Waals surface area contributed by atoms with Crippen LogP contribution in [0.3, 0.4) is 0 Å². The molecule has 0 aliphatic rings. The third kappa shape index (κ3) is 4.60. The first kappa shape index (κ1) is 15.6. The van der Waals surface area contributed by atoms with Crippen molar-refractivity contribution in [2.45, 2.75) is 25.0 Å². The van der Waals surface area contributed by atoms with Crippen LogP contribution in [-0.4, -0.2) is 34.8 Å². The number of pyridine rings is 1. The summed E-state index contributed by atoms with van der Waals surface area (Å²) in [6.45, 7) is 3.82. The molecule has 0 aromatic carbocycles. The zero-order valence-electron chi connectivity index (χ0n) is 12.7. The van der Waals surface area contributed by atoms with Crippen LogP contribution >= 0.6 is 11.8 Å². The zero-order chi connectivity index (χ0) is 15.1. The summed E-state index contributed by atoms with van der Waals surface area (Å²) in [5.74, 6) is 1.79. The van der Waals surface area contributed by atoms with E-state index in [1.54, 1.807) is 18.0 Å². The first-order valence-corrected chi connectivity index (χ1v) is 8.22. The summed E-state index contributed by atoms with van der Waals surface area (Å²) in [4.78, 5) is 15.3. The van der Waals surface area contributed by atoms with Crippen LogP contribution in [0.25, 0.3) is 0 Å². The molecule has 1 N–H and O–H groups in total. The highest BCUT2D eigenvalue weighted by molar-refractivity contribution is 7.98. The van der Waals surface area contributed by atoms with Crippen molar-refractivity contribution >= 4 is 23.4 Å². The Morgan fingerprint density at radius 3 is 2.86 bits per heavy atom. The molecule has 0 amide bonds. The summed E-state index contributed by atoms with van der Waals surface area (Å²) in [5, 5.41) is 4.11. The minimum absolute atomic E-state index is 0.770. The predicted octanol–water partition coefficient (Wildman–Crippen LogP) is 3.05. The molecular weight excluding hydrogens is 282 g/mol. The maximum atomic E-state index is 4.57. The Balaban J connectivity index is 2.16. The molecule has 0 saturated carbocycles. The van der Waals surface area contributed by atoms with Gasteiger partial charge in [0.05, 0.1) is 0 Å². The second-order valence-electron chi connectivity index (χ2n) is 4.74. The van der Waals surface area contributed by atoms with Crippen LogP contribution in [0.2, 0.25) is 0 Å². The van der Waals surface area contributed by atoms with Crippen molar-refractivity contribution < 1.29 is 0 Å². The van der Waals surface area contributed by atoms with E-state index in [0.717, 1.165) is 41.9 Å². The van der Waals surface area contributed by atoms with E-state index in [1.807, 2.05) is 31.6 Å². The molecule has 2 heterocycles. The average Bonchev–Trinajstić information content (AvgIpc) is 2.53. The highest BCUT2D eigenvalue weighted by atomic mass is 32.2. The van der Waals surface area contributed by atoms with Crippen LogP contribution < -0.4 is 10.2 Å². The van der Waals surface area contributed by atoms with Gasteiger partial charge in [-0.2, -0.15) is 0 Å². The molecule has 21 heavy (non-hydrogen) atoms. The van der Waals surface area contributed by atoms with E-state index in [-0.39, 0.29) is 0 Å². The summed E-state index contributed by atoms with van der Waals surface area (Å²) >= 11 is 1.55. The Morgan fingerprint density at radius 2 is 2.19 bits per heavy atom. The molecule has 112 valence electrons. The smallest absolute Gasteiger partial charge is 0.191 e. The van der Waals surface area contributed by atoms with Gasteiger partial charge in [0.1, 0.15) is 11.6 Å². The van der Waals surface area contributed by atoms with Gasteiger partial charge in [-0.15, -0.1) is 0 Å². The first-order valence-electron chi connectivity index (χ1n) is 7.00. The van der Waals surface area contributed by atoms with Gasteiger partial charge in [-0.05, 0) is 24.3 Å². The van der Waals surface area contributed by atoms with Gasteiger partial charge >= 0.3 is 0 Å². The molecule has 0 spiro atoms. The summed E-state index contributed by atoms with van der Waals surface area (Å²) in [6, 6.07) is 6.01. The zero-order valence-corrected chi connectivity index (χ0v) is 13.5. The lowest BCUT2D eigenvalue weighted by atomic mass is 10.3. The largest absolute Gasteiger partial charge is 0.370 e. The Bertz CT molecular complexity index is 561. The number of hydrogen-bond donors (Lipinski definition) is 1. The molecular formula is C15H21N5S. The van der Waals surface area contributed by atoms with E-state index in [1.165, 1.54) is 0 Å². The monoisotopic (exact) mass is 303 g/mol. The van der Waals surface area contributed by atoms with Crippen molar-refractivity contribution in [3.8, 4) is 0 Å². The maximum Gasteiger partial charge on any atom is 0.191 e. The lowest BCUT2D eigenvalue weighted by Crippen LogP contribution is -2.19. The standard InChI is InChI=1S/C15H21N5S/c1-4-7-17-13-9-14(19-15(18-13)21-3)20(2)11-12-6-5-8-16-10-12/h5-6,8-10H,4,7,11H2,1-3H3,(H,17,18,19). The van der Waals surface area contributed by atoms with Crippen molar-refractivity contribution in [2.24, 2.45) is 0 Å². The van der Waals surface area contributed by atoms with Crippen molar-refractivity contribution in [1.29, 1.82) is 0 Å². The number of thioether (sulfide) groups is 1. The number of aromatic nitrogens is 3. The highest BCUT2D eigenvalue weighted by Gasteiger charge is 2.08. The lowest BCUT2D eigenvalue weighted by Gasteiger charge is -2.19. The summed E-state index contributed by atoms with van der Waals surface area (Å²) in [7, 11) is 2.03. The molecule has 2 aromatic rings. The molecule has 0 atom stereocenters. The lowest BCUT2D eigenvalue weighted by molar-refractivity contribution is 0.850. The maximum absolute atomic E-state index is 4.57. The van der Waals surface area contributed by atoms with E-state index in [9.17, 15) is 0 Å². The minimum atomic E-state index is 0.770. The van der Waals surface area contributed by atoms with E-state index in [2.05, 4.69) is 38.2 Å². The van der Waals surface area contributed by atoms with Crippen LogP contribution in [0.5, 0.6) is 0 Å². The Kier molecular flexibility index (Phi) is 5.80. The Morgan fingerprint density at radius 1 is 1.33 bits per heavy atom. The molecule has 0 aliphatic heterocycles. The topological polar surface area (TPSA) is 53.9 Å². The molecule has 0 bridgehead atoms. The van der Waals surface area contributed by atoms with Crippen molar-refractivity contribution in [2.75, 3.05) is 30.1 Å². The second-order valence-corrected chi connectivity index (χ2v) is 5.52. The molecule has 2 rings (SSSR count). The Labute approximate surface area is 130 Å². The van der Waals surface area contributed by atoms with Gasteiger partial charge < -0.3 is 10.2 Å². The van der Waals surface area contributed by atoms with Crippen LogP contribution in [0.15, 0.2) is 35.7 Å². The number of rotatable bonds is 7. The minimum Gasteiger partial charge on any atom is -0.370 e. The van der Waals surface area contributed by atoms with Gasteiger partial charge in [0.25, 0.3) is 0 Å². The quantitative estimate of drug-likeness (QED) is 0.627. The van der Waals surface area contributed by atoms with Gasteiger partial charge in [0.2, 0.25) is 0 Å². The normalized spacial score (nSPS) is 10.4. The summed E-state index contributed by atoms with van der Waals surface area (Å²) < 4.78 is 0. The number of nitrogens with one attached hydrogen (secondary N) is 1. The van der Waals surface area contributed by atoms with Gasteiger partial charge in [0, 0.05) is 38.6 Å². The first-order chi connectivity index (χ1) is 10.2. The van der Waals surface area contributed by atoms with Crippen LogP contribution in [0.4, 0.5) is 11.6 Å². The van der Waals surface area contributed by atoms with Crippen LogP contribution in [0, 0.1) is 0 Å². The van der Waals surface area contributed by atoms with E-state index in [0.29, 0.717) is 0 Å². The molecule has 2 aromatic heterocycles. The fraction of sp³-hybridized carbons (Fsp3) is 0.400. The number of anilines is 2. The number of nitrogens with zero attached hydrogens (tertiary/aromatic N) is 4.